The van der Waals surface area contributed by atoms with Crippen molar-refractivity contribution in [1.29, 1.82) is 0 Å². The van der Waals surface area contributed by atoms with E-state index in [1.807, 2.05) is 0 Å². The van der Waals surface area contributed by atoms with Crippen molar-refractivity contribution in [2.75, 3.05) is 33.4 Å². The maximum absolute atomic E-state index is 5.80. The molecule has 0 bridgehead atoms. The van der Waals surface area contributed by atoms with Gasteiger partial charge in [0.2, 0.25) is 0 Å². The molecule has 0 amide bonds. The van der Waals surface area contributed by atoms with Crippen molar-refractivity contribution in [3.8, 4) is 0 Å². The first-order valence-corrected chi connectivity index (χ1v) is 5.74. The molecule has 3 nitrogen and oxygen atoms in total. The second-order valence-corrected chi connectivity index (χ2v) is 4.22. The molecule has 1 fully saturated rings. The number of likely N-dealkylation sites (tertiary alicyclic amines) is 1. The van der Waals surface area contributed by atoms with Crippen LogP contribution in [0.1, 0.15) is 26.2 Å². The summed E-state index contributed by atoms with van der Waals surface area (Å²) in [5.74, 6) is 0.891. The van der Waals surface area contributed by atoms with Crippen LogP contribution in [0.2, 0.25) is 0 Å². The van der Waals surface area contributed by atoms with Gasteiger partial charge in [0.15, 0.2) is 0 Å². The SMILES string of the molecule is CCC1CCN(CCOC)C(CN)C1. The Bertz CT molecular complexity index is 152. The number of nitrogens with zero attached hydrogens (tertiary/aromatic N) is 1. The van der Waals surface area contributed by atoms with Crippen molar-refractivity contribution in [3.05, 3.63) is 0 Å². The van der Waals surface area contributed by atoms with Crippen LogP contribution in [0, 0.1) is 5.92 Å². The lowest BCUT2D eigenvalue weighted by molar-refractivity contribution is 0.0779. The summed E-state index contributed by atoms with van der Waals surface area (Å²) in [5.41, 5.74) is 5.80. The van der Waals surface area contributed by atoms with Gasteiger partial charge in [0.05, 0.1) is 6.61 Å². The van der Waals surface area contributed by atoms with Crippen molar-refractivity contribution in [3.63, 3.8) is 0 Å². The van der Waals surface area contributed by atoms with Gasteiger partial charge in [-0.15, -0.1) is 0 Å². The van der Waals surface area contributed by atoms with Gasteiger partial charge in [-0.1, -0.05) is 13.3 Å². The molecule has 1 aliphatic rings. The number of ether oxygens (including phenoxy) is 1. The van der Waals surface area contributed by atoms with E-state index in [1.165, 1.54) is 25.8 Å². The first kappa shape index (κ1) is 12.0. The minimum absolute atomic E-state index is 0.587. The molecule has 1 rings (SSSR count). The highest BCUT2D eigenvalue weighted by molar-refractivity contribution is 4.81. The van der Waals surface area contributed by atoms with Gasteiger partial charge in [-0.2, -0.15) is 0 Å². The van der Waals surface area contributed by atoms with E-state index in [-0.39, 0.29) is 0 Å². The summed E-state index contributed by atoms with van der Waals surface area (Å²) in [6, 6.07) is 0.587. The van der Waals surface area contributed by atoms with Crippen LogP contribution in [0.15, 0.2) is 0 Å². The first-order chi connectivity index (χ1) is 6.81. The molecule has 1 aliphatic heterocycles. The second kappa shape index (κ2) is 6.38. The van der Waals surface area contributed by atoms with E-state index < -0.39 is 0 Å². The van der Waals surface area contributed by atoms with Crippen LogP contribution in [0.3, 0.4) is 0 Å². The Kier molecular flexibility index (Phi) is 5.45. The molecular weight excluding hydrogens is 176 g/mol. The summed E-state index contributed by atoms with van der Waals surface area (Å²) in [6.07, 6.45) is 3.90. The molecule has 1 heterocycles. The van der Waals surface area contributed by atoms with Crippen LogP contribution in [-0.2, 0) is 4.74 Å². The molecule has 0 aromatic heterocycles. The van der Waals surface area contributed by atoms with Gasteiger partial charge >= 0.3 is 0 Å². The Morgan fingerprint density at radius 1 is 1.50 bits per heavy atom. The number of rotatable bonds is 5. The molecule has 1 saturated heterocycles. The van der Waals surface area contributed by atoms with Crippen molar-refractivity contribution in [1.82, 2.24) is 4.90 Å². The second-order valence-electron chi connectivity index (χ2n) is 4.22. The van der Waals surface area contributed by atoms with Gasteiger partial charge in [-0.05, 0) is 25.3 Å². The molecule has 2 unspecified atom stereocenters. The highest BCUT2D eigenvalue weighted by atomic mass is 16.5. The third-order valence-electron chi connectivity index (χ3n) is 3.38. The fourth-order valence-corrected chi connectivity index (χ4v) is 2.30. The highest BCUT2D eigenvalue weighted by Gasteiger charge is 2.25. The lowest BCUT2D eigenvalue weighted by atomic mass is 9.89. The standard InChI is InChI=1S/C11H24N2O/c1-3-10-4-5-13(6-7-14-2)11(8-10)9-12/h10-11H,3-9,12H2,1-2H3. The molecular formula is C11H24N2O. The number of hydrogen-bond donors (Lipinski definition) is 1. The Labute approximate surface area is 87.6 Å². The third-order valence-corrected chi connectivity index (χ3v) is 3.38. The smallest absolute Gasteiger partial charge is 0.0589 e. The zero-order valence-electron chi connectivity index (χ0n) is 9.54. The van der Waals surface area contributed by atoms with Crippen LogP contribution in [-0.4, -0.2) is 44.3 Å². The zero-order chi connectivity index (χ0) is 10.4. The molecule has 0 aliphatic carbocycles. The molecule has 0 saturated carbocycles. The molecule has 2 atom stereocenters. The van der Waals surface area contributed by atoms with E-state index in [0.29, 0.717) is 6.04 Å². The Morgan fingerprint density at radius 3 is 2.86 bits per heavy atom. The summed E-state index contributed by atoms with van der Waals surface area (Å²) >= 11 is 0. The average molecular weight is 200 g/mol. The van der Waals surface area contributed by atoms with Gasteiger partial charge in [0, 0.05) is 26.2 Å². The van der Waals surface area contributed by atoms with E-state index in [2.05, 4.69) is 11.8 Å². The quantitative estimate of drug-likeness (QED) is 0.722. The predicted molar refractivity (Wildman–Crippen MR) is 59.3 cm³/mol. The van der Waals surface area contributed by atoms with Crippen LogP contribution in [0.25, 0.3) is 0 Å². The molecule has 84 valence electrons. The van der Waals surface area contributed by atoms with Crippen LogP contribution >= 0.6 is 0 Å². The molecule has 0 aromatic rings. The van der Waals surface area contributed by atoms with Crippen molar-refractivity contribution >= 4 is 0 Å². The van der Waals surface area contributed by atoms with E-state index in [1.54, 1.807) is 7.11 Å². The molecule has 0 aromatic carbocycles. The molecule has 0 radical (unpaired) electrons. The molecule has 0 spiro atoms. The largest absolute Gasteiger partial charge is 0.383 e. The highest BCUT2D eigenvalue weighted by Crippen LogP contribution is 2.24. The van der Waals surface area contributed by atoms with E-state index in [4.69, 9.17) is 10.5 Å². The maximum atomic E-state index is 5.80. The van der Waals surface area contributed by atoms with Crippen LogP contribution in [0.5, 0.6) is 0 Å². The number of methoxy groups -OCH3 is 1. The van der Waals surface area contributed by atoms with Gasteiger partial charge < -0.3 is 10.5 Å². The fourth-order valence-electron chi connectivity index (χ4n) is 2.30. The summed E-state index contributed by atoms with van der Waals surface area (Å²) < 4.78 is 5.11. The number of hydrogen-bond acceptors (Lipinski definition) is 3. The fraction of sp³-hybridized carbons (Fsp3) is 1.00. The minimum atomic E-state index is 0.587. The van der Waals surface area contributed by atoms with Gasteiger partial charge in [0.1, 0.15) is 0 Å². The zero-order valence-corrected chi connectivity index (χ0v) is 9.54. The van der Waals surface area contributed by atoms with Gasteiger partial charge in [0.25, 0.3) is 0 Å². The third kappa shape index (κ3) is 3.23. The number of nitrogens with two attached hydrogens (primary N) is 1. The lowest BCUT2D eigenvalue weighted by Crippen LogP contribution is -2.47. The maximum Gasteiger partial charge on any atom is 0.0589 e. The molecule has 2 N–H and O–H groups in total. The van der Waals surface area contributed by atoms with Crippen molar-refractivity contribution < 1.29 is 4.74 Å². The lowest BCUT2D eigenvalue weighted by Gasteiger charge is -2.38. The van der Waals surface area contributed by atoms with E-state index in [9.17, 15) is 0 Å². The average Bonchev–Trinajstić information content (AvgIpc) is 2.26. The molecule has 3 heteroatoms. The van der Waals surface area contributed by atoms with Crippen LogP contribution < -0.4 is 5.73 Å². The normalized spacial score (nSPS) is 29.4. The van der Waals surface area contributed by atoms with Crippen LogP contribution in [0.4, 0.5) is 0 Å². The summed E-state index contributed by atoms with van der Waals surface area (Å²) in [5, 5.41) is 0. The Morgan fingerprint density at radius 2 is 2.29 bits per heavy atom. The minimum Gasteiger partial charge on any atom is -0.383 e. The Hall–Kier alpha value is -0.120. The topological polar surface area (TPSA) is 38.5 Å². The molecule has 14 heavy (non-hydrogen) atoms. The van der Waals surface area contributed by atoms with E-state index >= 15 is 0 Å². The summed E-state index contributed by atoms with van der Waals surface area (Å²) in [7, 11) is 1.76. The first-order valence-electron chi connectivity index (χ1n) is 5.74. The van der Waals surface area contributed by atoms with Crippen molar-refractivity contribution in [2.24, 2.45) is 11.7 Å². The van der Waals surface area contributed by atoms with Gasteiger partial charge in [-0.25, -0.2) is 0 Å². The summed E-state index contributed by atoms with van der Waals surface area (Å²) in [4.78, 5) is 2.48. The monoisotopic (exact) mass is 200 g/mol. The Balaban J connectivity index is 2.35. The predicted octanol–water partition coefficient (Wildman–Crippen LogP) is 1.08. The number of piperidine rings is 1. The van der Waals surface area contributed by atoms with E-state index in [0.717, 1.165) is 25.6 Å². The van der Waals surface area contributed by atoms with Gasteiger partial charge in [-0.3, -0.25) is 4.90 Å². The summed E-state index contributed by atoms with van der Waals surface area (Å²) in [6.45, 7) is 6.13. The van der Waals surface area contributed by atoms with Crippen molar-refractivity contribution in [2.45, 2.75) is 32.2 Å².